The fraction of sp³-hybridized carbons (Fsp3) is 0.316. The van der Waals surface area contributed by atoms with Crippen molar-refractivity contribution in [1.29, 1.82) is 0 Å². The topological polar surface area (TPSA) is 86.8 Å². The van der Waals surface area contributed by atoms with Crippen molar-refractivity contribution in [3.8, 4) is 0 Å². The molecule has 4 aromatic carbocycles. The van der Waals surface area contributed by atoms with E-state index in [1.807, 2.05) is 102 Å². The number of carbonyl (C=O) groups is 2. The van der Waals surface area contributed by atoms with E-state index in [-0.39, 0.29) is 29.7 Å². The molecule has 46 heavy (non-hydrogen) atoms. The van der Waals surface area contributed by atoms with Crippen LogP contribution >= 0.6 is 0 Å². The molecular formula is C38H45N3O4S. The summed E-state index contributed by atoms with van der Waals surface area (Å²) in [4.78, 5) is 30.2. The molecule has 4 aromatic rings. The molecule has 0 fully saturated rings. The van der Waals surface area contributed by atoms with Crippen LogP contribution in [0.15, 0.2) is 102 Å². The molecule has 0 aliphatic rings. The molecule has 0 heterocycles. The highest BCUT2D eigenvalue weighted by Gasteiger charge is 2.35. The van der Waals surface area contributed by atoms with Gasteiger partial charge in [0.25, 0.3) is 10.0 Å². The van der Waals surface area contributed by atoms with E-state index >= 15 is 0 Å². The van der Waals surface area contributed by atoms with Gasteiger partial charge in [-0.25, -0.2) is 8.42 Å². The van der Waals surface area contributed by atoms with Gasteiger partial charge >= 0.3 is 0 Å². The maximum absolute atomic E-state index is 14.7. The molecular weight excluding hydrogens is 595 g/mol. The molecule has 0 saturated carbocycles. The van der Waals surface area contributed by atoms with E-state index in [1.165, 1.54) is 4.31 Å². The highest BCUT2D eigenvalue weighted by atomic mass is 32.2. The number of amides is 2. The van der Waals surface area contributed by atoms with Gasteiger partial charge in [-0.15, -0.1) is 0 Å². The van der Waals surface area contributed by atoms with Crippen molar-refractivity contribution < 1.29 is 18.0 Å². The molecule has 0 aliphatic carbocycles. The number of hydrogen-bond donors (Lipinski definition) is 1. The van der Waals surface area contributed by atoms with E-state index in [9.17, 15) is 18.0 Å². The number of anilines is 1. The van der Waals surface area contributed by atoms with Crippen molar-refractivity contribution in [1.82, 2.24) is 10.2 Å². The summed E-state index contributed by atoms with van der Waals surface area (Å²) < 4.78 is 29.8. The van der Waals surface area contributed by atoms with Crippen LogP contribution < -0.4 is 9.62 Å². The van der Waals surface area contributed by atoms with Gasteiger partial charge < -0.3 is 10.2 Å². The second-order valence-electron chi connectivity index (χ2n) is 12.4. The van der Waals surface area contributed by atoms with Crippen molar-refractivity contribution in [3.63, 3.8) is 0 Å². The first kappa shape index (κ1) is 34.4. The van der Waals surface area contributed by atoms with Gasteiger partial charge in [0.05, 0.1) is 10.6 Å². The second kappa shape index (κ2) is 15.2. The monoisotopic (exact) mass is 639 g/mol. The lowest BCUT2D eigenvalue weighted by Gasteiger charge is -2.34. The molecule has 0 aromatic heterocycles. The predicted octanol–water partition coefficient (Wildman–Crippen LogP) is 6.53. The molecule has 1 unspecified atom stereocenters. The average molecular weight is 640 g/mol. The minimum atomic E-state index is -4.16. The second-order valence-corrected chi connectivity index (χ2v) is 14.3. The van der Waals surface area contributed by atoms with Gasteiger partial charge in [0.2, 0.25) is 11.8 Å². The Balaban J connectivity index is 1.83. The third-order valence-corrected chi connectivity index (χ3v) is 9.90. The first-order chi connectivity index (χ1) is 21.9. The van der Waals surface area contributed by atoms with Crippen LogP contribution in [0.1, 0.15) is 47.2 Å². The van der Waals surface area contributed by atoms with Crippen molar-refractivity contribution in [3.05, 3.63) is 130 Å². The van der Waals surface area contributed by atoms with Gasteiger partial charge in [-0.1, -0.05) is 104 Å². The van der Waals surface area contributed by atoms with Gasteiger partial charge in [0.1, 0.15) is 12.6 Å². The molecule has 2 amide bonds. The van der Waals surface area contributed by atoms with Crippen LogP contribution in [0, 0.1) is 33.6 Å². The summed E-state index contributed by atoms with van der Waals surface area (Å²) >= 11 is 0. The molecule has 1 atom stereocenters. The van der Waals surface area contributed by atoms with E-state index < -0.39 is 28.5 Å². The Morgan fingerprint density at radius 3 is 2.07 bits per heavy atom. The molecule has 0 aliphatic heterocycles. The van der Waals surface area contributed by atoms with Crippen LogP contribution in [0.25, 0.3) is 0 Å². The molecule has 0 bridgehead atoms. The molecule has 1 N–H and O–H groups in total. The SMILES string of the molecule is Cc1ccc(S(=O)(=O)N(CC(=O)N(Cc2cccc(C)c2)C(Cc2ccccc2)C(=O)NCC(C)C)c2cccc(C)c2C)cc1. The Morgan fingerprint density at radius 2 is 1.41 bits per heavy atom. The lowest BCUT2D eigenvalue weighted by atomic mass is 10.0. The summed E-state index contributed by atoms with van der Waals surface area (Å²) in [6.07, 6.45) is 0.274. The van der Waals surface area contributed by atoms with E-state index in [0.717, 1.165) is 33.4 Å². The van der Waals surface area contributed by atoms with Crippen LogP contribution in [-0.2, 0) is 32.6 Å². The van der Waals surface area contributed by atoms with Gasteiger partial charge in [-0.3, -0.25) is 13.9 Å². The molecule has 8 heteroatoms. The Morgan fingerprint density at radius 1 is 0.761 bits per heavy atom. The summed E-state index contributed by atoms with van der Waals surface area (Å²) in [5, 5.41) is 3.03. The molecule has 0 radical (unpaired) electrons. The van der Waals surface area contributed by atoms with Gasteiger partial charge in [-0.2, -0.15) is 0 Å². The third-order valence-electron chi connectivity index (χ3n) is 8.12. The molecule has 7 nitrogen and oxygen atoms in total. The smallest absolute Gasteiger partial charge is 0.264 e. The number of nitrogens with one attached hydrogen (secondary N) is 1. The van der Waals surface area contributed by atoms with Gasteiger partial charge in [0.15, 0.2) is 0 Å². The first-order valence-electron chi connectivity index (χ1n) is 15.7. The van der Waals surface area contributed by atoms with Crippen molar-refractivity contribution in [2.75, 3.05) is 17.4 Å². The van der Waals surface area contributed by atoms with Crippen LogP contribution in [0.5, 0.6) is 0 Å². The molecule has 4 rings (SSSR count). The predicted molar refractivity (Wildman–Crippen MR) is 185 cm³/mol. The number of rotatable bonds is 13. The third kappa shape index (κ3) is 8.63. The van der Waals surface area contributed by atoms with Crippen molar-refractivity contribution in [2.24, 2.45) is 5.92 Å². The average Bonchev–Trinajstić information content (AvgIpc) is 3.02. The maximum Gasteiger partial charge on any atom is 0.264 e. The number of benzene rings is 4. The normalized spacial score (nSPS) is 12.1. The van der Waals surface area contributed by atoms with Crippen molar-refractivity contribution >= 4 is 27.5 Å². The van der Waals surface area contributed by atoms with Crippen LogP contribution in [0.3, 0.4) is 0 Å². The summed E-state index contributed by atoms with van der Waals surface area (Å²) in [5.74, 6) is -0.543. The Kier molecular flexibility index (Phi) is 11.4. The van der Waals surface area contributed by atoms with Gasteiger partial charge in [-0.05, 0) is 74.1 Å². The maximum atomic E-state index is 14.7. The minimum absolute atomic E-state index is 0.0903. The van der Waals surface area contributed by atoms with E-state index in [0.29, 0.717) is 12.2 Å². The Labute approximate surface area is 274 Å². The van der Waals surface area contributed by atoms with Crippen LogP contribution in [0.4, 0.5) is 5.69 Å². The number of hydrogen-bond acceptors (Lipinski definition) is 4. The zero-order valence-corrected chi connectivity index (χ0v) is 28.5. The zero-order valence-electron chi connectivity index (χ0n) is 27.7. The number of sulfonamides is 1. The van der Waals surface area contributed by atoms with Crippen LogP contribution in [0.2, 0.25) is 0 Å². The molecule has 0 spiro atoms. The quantitative estimate of drug-likeness (QED) is 0.180. The lowest BCUT2D eigenvalue weighted by Crippen LogP contribution is -2.53. The van der Waals surface area contributed by atoms with E-state index in [2.05, 4.69) is 5.32 Å². The summed E-state index contributed by atoms with van der Waals surface area (Å²) in [6.45, 7) is 11.8. The van der Waals surface area contributed by atoms with Crippen LogP contribution in [-0.4, -0.2) is 44.3 Å². The Hall–Kier alpha value is -4.43. The standard InChI is InChI=1S/C38H45N3O4S/c1-27(2)24-39-38(43)36(23-32-14-8-7-9-15-32)40(25-33-16-10-12-29(4)22-33)37(42)26-41(35-17-11-13-30(5)31(35)6)46(44,45)34-20-18-28(3)19-21-34/h7-22,27,36H,23-26H2,1-6H3,(H,39,43). The van der Waals surface area contributed by atoms with Gasteiger partial charge in [0, 0.05) is 19.5 Å². The highest BCUT2D eigenvalue weighted by molar-refractivity contribution is 7.92. The first-order valence-corrected chi connectivity index (χ1v) is 17.1. The fourth-order valence-electron chi connectivity index (χ4n) is 5.34. The summed E-state index contributed by atoms with van der Waals surface area (Å²) in [7, 11) is -4.16. The highest BCUT2D eigenvalue weighted by Crippen LogP contribution is 2.29. The number of nitrogens with zero attached hydrogens (tertiary/aromatic N) is 2. The largest absolute Gasteiger partial charge is 0.354 e. The summed E-state index contributed by atoms with van der Waals surface area (Å²) in [6, 6.07) is 28.6. The fourth-order valence-corrected chi connectivity index (χ4v) is 6.81. The van der Waals surface area contributed by atoms with E-state index in [1.54, 1.807) is 41.3 Å². The number of carbonyl (C=O) groups excluding carboxylic acids is 2. The Bertz CT molecular complexity index is 1750. The molecule has 242 valence electrons. The number of aryl methyl sites for hydroxylation is 3. The summed E-state index contributed by atoms with van der Waals surface area (Å²) in [5.41, 5.74) is 5.78. The van der Waals surface area contributed by atoms with E-state index in [4.69, 9.17) is 0 Å². The molecule has 0 saturated heterocycles. The van der Waals surface area contributed by atoms with Crippen molar-refractivity contribution in [2.45, 2.75) is 65.4 Å². The lowest BCUT2D eigenvalue weighted by molar-refractivity contribution is -0.140. The zero-order chi connectivity index (χ0) is 33.4. The minimum Gasteiger partial charge on any atom is -0.354 e.